The van der Waals surface area contributed by atoms with Gasteiger partial charge in [0, 0.05) is 22.8 Å². The first kappa shape index (κ1) is 32.1. The Morgan fingerprint density at radius 3 is 2.50 bits per heavy atom. The molecule has 5 N–H and O–H groups in total. The molecule has 0 saturated carbocycles. The minimum absolute atomic E-state index is 0.0290. The number of benzene rings is 1. The van der Waals surface area contributed by atoms with E-state index in [4.69, 9.17) is 20.4 Å². The van der Waals surface area contributed by atoms with Crippen molar-refractivity contribution in [3.8, 4) is 5.75 Å². The van der Waals surface area contributed by atoms with Crippen LogP contribution >= 0.6 is 23.1 Å². The average Bonchev–Trinajstić information content (AvgIpc) is 3.35. The monoisotopic (exact) mass is 639 g/mol. The van der Waals surface area contributed by atoms with Crippen molar-refractivity contribution in [3.63, 3.8) is 0 Å². The molecular weight excluding hydrogens is 621 g/mol. The number of nitrogen functional groups attached to an aromatic ring is 1. The maximum Gasteiger partial charge on any atom is 0.490 e. The summed E-state index contributed by atoms with van der Waals surface area (Å²) < 4.78 is 63.1. The molecule has 42 heavy (non-hydrogen) atoms. The highest BCUT2D eigenvalue weighted by molar-refractivity contribution is 8.00. The Bertz CT molecular complexity index is 1430. The number of fused-ring (bicyclic) bond motifs is 1. The van der Waals surface area contributed by atoms with Gasteiger partial charge in [0.15, 0.2) is 10.8 Å². The summed E-state index contributed by atoms with van der Waals surface area (Å²) in [6.45, 7) is -1.47. The van der Waals surface area contributed by atoms with Crippen LogP contribution in [0.1, 0.15) is 5.69 Å². The van der Waals surface area contributed by atoms with Crippen LogP contribution in [0.5, 0.6) is 5.75 Å². The van der Waals surface area contributed by atoms with E-state index in [1.54, 1.807) is 0 Å². The van der Waals surface area contributed by atoms with Crippen molar-refractivity contribution in [2.45, 2.75) is 17.6 Å². The van der Waals surface area contributed by atoms with Gasteiger partial charge in [-0.2, -0.15) is 13.2 Å². The fourth-order valence-corrected chi connectivity index (χ4v) is 5.30. The van der Waals surface area contributed by atoms with Crippen molar-refractivity contribution >= 4 is 57.7 Å². The van der Waals surface area contributed by atoms with Crippen LogP contribution in [0.25, 0.3) is 0 Å². The topological polar surface area (TPSA) is 194 Å². The van der Waals surface area contributed by atoms with Gasteiger partial charge in [-0.1, -0.05) is 11.2 Å². The lowest BCUT2D eigenvalue weighted by atomic mass is 10.0. The van der Waals surface area contributed by atoms with Crippen molar-refractivity contribution in [2.75, 3.05) is 25.0 Å². The number of rotatable bonds is 9. The van der Waals surface area contributed by atoms with Gasteiger partial charge in [-0.15, -0.1) is 23.1 Å². The average molecular weight is 640 g/mol. The van der Waals surface area contributed by atoms with Gasteiger partial charge in [-0.3, -0.25) is 14.5 Å². The number of alkyl halides is 4. The predicted octanol–water partition coefficient (Wildman–Crippen LogP) is 1.96. The zero-order valence-electron chi connectivity index (χ0n) is 20.6. The molecule has 0 aliphatic carbocycles. The number of carbonyl (C=O) groups is 4. The van der Waals surface area contributed by atoms with E-state index < -0.39 is 54.0 Å². The number of β-lactam (4-membered cyclic amide) rings is 1. The number of nitrogens with two attached hydrogens (primary N) is 1. The van der Waals surface area contributed by atoms with Crippen molar-refractivity contribution in [1.29, 1.82) is 0 Å². The molecule has 1 aromatic carbocycles. The molecule has 1 unspecified atom stereocenters. The number of anilines is 1. The number of oxime groups is 1. The first-order valence-corrected chi connectivity index (χ1v) is 13.0. The van der Waals surface area contributed by atoms with E-state index in [-0.39, 0.29) is 40.3 Å². The van der Waals surface area contributed by atoms with E-state index >= 15 is 0 Å². The second-order valence-corrected chi connectivity index (χ2v) is 9.91. The number of aliphatic carboxylic acids is 2. The molecule has 3 heterocycles. The van der Waals surface area contributed by atoms with Crippen LogP contribution in [0, 0.1) is 5.82 Å². The summed E-state index contributed by atoms with van der Waals surface area (Å²) in [5, 5.41) is 23.6. The van der Waals surface area contributed by atoms with Crippen molar-refractivity contribution in [2.24, 2.45) is 5.16 Å². The standard InChI is InChI=1S/C20H17F2N5O6S2.C2HF3O2/c21-8-33-26-13(12-7-35-20(23)24-12)16(28)25-14-17(29)27-15(19(30)31)9(6-34-18(14)27)5-32-11-3-1-2-10(22)4-11;3-2(4,5)1(6)7/h1-4,7,14,18H,5-6,8H2,(H2,23,24)(H,25,28)(H,30,31);(H,6,7)/t14?,18-;/m0./s1. The third kappa shape index (κ3) is 7.63. The Labute approximate surface area is 239 Å². The van der Waals surface area contributed by atoms with Crippen LogP contribution in [0.15, 0.2) is 46.1 Å². The van der Waals surface area contributed by atoms with E-state index in [1.807, 2.05) is 0 Å². The number of aromatic nitrogens is 1. The zero-order chi connectivity index (χ0) is 31.2. The smallest absolute Gasteiger partial charge is 0.489 e. The van der Waals surface area contributed by atoms with Gasteiger partial charge < -0.3 is 30.8 Å². The molecule has 20 heteroatoms. The number of amides is 2. The molecular formula is C22H18F5N5O8S2. The molecule has 2 amide bonds. The minimum atomic E-state index is -5.08. The molecule has 0 radical (unpaired) electrons. The van der Waals surface area contributed by atoms with E-state index in [0.717, 1.165) is 22.3 Å². The Morgan fingerprint density at radius 2 is 1.95 bits per heavy atom. The molecule has 1 saturated heterocycles. The highest BCUT2D eigenvalue weighted by Crippen LogP contribution is 2.40. The minimum Gasteiger partial charge on any atom is -0.489 e. The van der Waals surface area contributed by atoms with E-state index in [1.165, 1.54) is 35.3 Å². The van der Waals surface area contributed by atoms with Crippen molar-refractivity contribution < 1.29 is 60.9 Å². The lowest BCUT2D eigenvalue weighted by molar-refractivity contribution is -0.192. The molecule has 226 valence electrons. The quantitative estimate of drug-likeness (QED) is 0.136. The molecule has 1 fully saturated rings. The Hall–Kier alpha value is -4.46. The number of carbonyl (C=O) groups excluding carboxylic acids is 2. The summed E-state index contributed by atoms with van der Waals surface area (Å²) in [5.41, 5.74) is 5.27. The molecule has 0 spiro atoms. The third-order valence-corrected chi connectivity index (χ3v) is 7.19. The third-order valence-electron chi connectivity index (χ3n) is 5.17. The van der Waals surface area contributed by atoms with Gasteiger partial charge in [-0.05, 0) is 12.1 Å². The van der Waals surface area contributed by atoms with Gasteiger partial charge >= 0.3 is 18.1 Å². The van der Waals surface area contributed by atoms with Gasteiger partial charge in [0.25, 0.3) is 18.7 Å². The molecule has 1 aromatic heterocycles. The number of nitrogens with zero attached hydrogens (tertiary/aromatic N) is 3. The zero-order valence-corrected chi connectivity index (χ0v) is 22.3. The van der Waals surface area contributed by atoms with E-state index in [0.29, 0.717) is 5.57 Å². The van der Waals surface area contributed by atoms with Gasteiger partial charge in [0.05, 0.1) is 0 Å². The number of halogens is 5. The Balaban J connectivity index is 0.000000616. The first-order valence-electron chi connectivity index (χ1n) is 11.1. The van der Waals surface area contributed by atoms with Crippen molar-refractivity contribution in [3.05, 3.63) is 52.4 Å². The van der Waals surface area contributed by atoms with Crippen LogP contribution in [0.2, 0.25) is 0 Å². The van der Waals surface area contributed by atoms with Crippen LogP contribution in [0.3, 0.4) is 0 Å². The second-order valence-electron chi connectivity index (χ2n) is 7.92. The number of carboxylic acid groups (broad SMARTS) is 2. The molecule has 2 aliphatic heterocycles. The van der Waals surface area contributed by atoms with Crippen LogP contribution in [-0.2, 0) is 24.0 Å². The van der Waals surface area contributed by atoms with E-state index in [2.05, 4.69) is 20.3 Å². The fourth-order valence-electron chi connectivity index (χ4n) is 3.42. The Morgan fingerprint density at radius 1 is 1.26 bits per heavy atom. The van der Waals surface area contributed by atoms with Crippen LogP contribution in [0.4, 0.5) is 27.1 Å². The van der Waals surface area contributed by atoms with Gasteiger partial charge in [-0.25, -0.2) is 23.4 Å². The number of carboxylic acids is 2. The highest BCUT2D eigenvalue weighted by atomic mass is 32.2. The highest BCUT2D eigenvalue weighted by Gasteiger charge is 2.54. The molecule has 2 aromatic rings. The van der Waals surface area contributed by atoms with Gasteiger partial charge in [0.1, 0.15) is 41.0 Å². The number of ether oxygens (including phenoxy) is 1. The number of thioether (sulfide) groups is 1. The summed E-state index contributed by atoms with van der Waals surface area (Å²) in [6.07, 6.45) is -5.08. The second kappa shape index (κ2) is 13.5. The van der Waals surface area contributed by atoms with Gasteiger partial charge in [0.2, 0.25) is 0 Å². The fraction of sp³-hybridized carbons (Fsp3) is 0.273. The maximum absolute atomic E-state index is 13.4. The summed E-state index contributed by atoms with van der Waals surface area (Å²) in [5.74, 6) is -5.76. The largest absolute Gasteiger partial charge is 0.490 e. The normalized spacial score (nSPS) is 18.3. The van der Waals surface area contributed by atoms with E-state index in [9.17, 15) is 41.4 Å². The maximum atomic E-state index is 13.4. The lowest BCUT2D eigenvalue weighted by Gasteiger charge is -2.49. The number of hydrogen-bond donors (Lipinski definition) is 4. The molecule has 0 bridgehead atoms. The summed E-state index contributed by atoms with van der Waals surface area (Å²) in [6, 6.07) is 4.30. The van der Waals surface area contributed by atoms with Crippen molar-refractivity contribution in [1.82, 2.24) is 15.2 Å². The number of thiazole rings is 1. The predicted molar refractivity (Wildman–Crippen MR) is 135 cm³/mol. The molecule has 2 aliphatic rings. The summed E-state index contributed by atoms with van der Waals surface area (Å²) in [4.78, 5) is 55.8. The summed E-state index contributed by atoms with van der Waals surface area (Å²) in [7, 11) is 0. The first-order chi connectivity index (χ1) is 19.7. The lowest BCUT2D eigenvalue weighted by Crippen LogP contribution is -2.71. The number of nitrogens with one attached hydrogen (secondary N) is 1. The summed E-state index contributed by atoms with van der Waals surface area (Å²) >= 11 is 2.24. The SMILES string of the molecule is Nc1nc(C(=NOCF)C(=O)NC2C(=O)N3C(C(=O)O)=C(COc4cccc(F)c4)CS[C@@H]23)cs1.O=C(O)C(F)(F)F. The van der Waals surface area contributed by atoms with Crippen LogP contribution < -0.4 is 15.8 Å². The molecule has 13 nitrogen and oxygen atoms in total. The Kier molecular flexibility index (Phi) is 10.3. The molecule has 4 rings (SSSR count). The van der Waals surface area contributed by atoms with Crippen LogP contribution in [-0.4, -0.2) is 86.4 Å². The molecule has 2 atom stereocenters. The number of hydrogen-bond acceptors (Lipinski definition) is 11.